The summed E-state index contributed by atoms with van der Waals surface area (Å²) in [5.74, 6) is 2.48. The Bertz CT molecular complexity index is 1060. The molecule has 0 spiro atoms. The van der Waals surface area contributed by atoms with E-state index in [1.807, 2.05) is 19.2 Å². The number of thioether (sulfide) groups is 1. The molecule has 5 heterocycles. The minimum atomic E-state index is 0.605. The van der Waals surface area contributed by atoms with Gasteiger partial charge in [0.2, 0.25) is 0 Å². The second-order valence-electron chi connectivity index (χ2n) is 6.05. The van der Waals surface area contributed by atoms with Crippen molar-refractivity contribution in [2.45, 2.75) is 18.2 Å². The normalized spacial score (nSPS) is 13.3. The Morgan fingerprint density at radius 1 is 1.23 bits per heavy atom. The van der Waals surface area contributed by atoms with Gasteiger partial charge in [0.15, 0.2) is 16.6 Å². The van der Waals surface area contributed by atoms with E-state index in [1.54, 1.807) is 35.0 Å². The average molecular weight is 364 g/mol. The molecule has 0 bridgehead atoms. The molecule has 130 valence electrons. The van der Waals surface area contributed by atoms with E-state index >= 15 is 0 Å². The van der Waals surface area contributed by atoms with E-state index in [0.29, 0.717) is 12.4 Å². The van der Waals surface area contributed by atoms with E-state index in [9.17, 15) is 0 Å². The Morgan fingerprint density at radius 2 is 2.19 bits per heavy atom. The van der Waals surface area contributed by atoms with Gasteiger partial charge in [-0.15, -0.1) is 0 Å². The van der Waals surface area contributed by atoms with Crippen LogP contribution in [0.2, 0.25) is 0 Å². The molecule has 0 saturated carbocycles. The quantitative estimate of drug-likeness (QED) is 0.595. The first-order chi connectivity index (χ1) is 12.8. The molecule has 8 nitrogen and oxygen atoms in total. The van der Waals surface area contributed by atoms with Gasteiger partial charge in [0.1, 0.15) is 5.82 Å². The van der Waals surface area contributed by atoms with Gasteiger partial charge >= 0.3 is 0 Å². The Labute approximate surface area is 153 Å². The number of aromatic nitrogens is 7. The van der Waals surface area contributed by atoms with Crippen molar-refractivity contribution in [2.75, 3.05) is 11.1 Å². The van der Waals surface area contributed by atoms with E-state index in [4.69, 9.17) is 4.98 Å². The molecule has 0 unspecified atom stereocenters. The van der Waals surface area contributed by atoms with Crippen molar-refractivity contribution in [3.05, 3.63) is 42.6 Å². The minimum absolute atomic E-state index is 0.605. The summed E-state index contributed by atoms with van der Waals surface area (Å²) in [7, 11) is 1.88. The standard InChI is InChI=1S/C17H16N8S/c1-24-16-13(9-20-24)15(22-14(23-16)11-3-2-4-18-7-11)19-8-12-10-25-5-6-26-17(25)21-12/h2-4,7,9-10H,5-6,8H2,1H3,(H,19,22,23). The van der Waals surface area contributed by atoms with Crippen molar-refractivity contribution in [3.63, 3.8) is 0 Å². The zero-order chi connectivity index (χ0) is 17.5. The number of nitrogens with zero attached hydrogens (tertiary/aromatic N) is 7. The van der Waals surface area contributed by atoms with Gasteiger partial charge in [-0.3, -0.25) is 9.67 Å². The summed E-state index contributed by atoms with van der Waals surface area (Å²) in [6, 6.07) is 3.83. The summed E-state index contributed by atoms with van der Waals surface area (Å²) in [4.78, 5) is 18.2. The minimum Gasteiger partial charge on any atom is -0.364 e. The van der Waals surface area contributed by atoms with Crippen LogP contribution in [0.4, 0.5) is 5.82 Å². The maximum atomic E-state index is 4.71. The van der Waals surface area contributed by atoms with Gasteiger partial charge in [0.25, 0.3) is 0 Å². The summed E-state index contributed by atoms with van der Waals surface area (Å²) < 4.78 is 3.95. The molecule has 5 rings (SSSR count). The van der Waals surface area contributed by atoms with Crippen LogP contribution in [0.5, 0.6) is 0 Å². The molecular weight excluding hydrogens is 348 g/mol. The number of pyridine rings is 1. The molecule has 0 aromatic carbocycles. The lowest BCUT2D eigenvalue weighted by molar-refractivity contribution is 0.719. The Morgan fingerprint density at radius 3 is 3.04 bits per heavy atom. The molecule has 26 heavy (non-hydrogen) atoms. The highest BCUT2D eigenvalue weighted by Crippen LogP contribution is 2.26. The Kier molecular flexibility index (Phi) is 3.59. The van der Waals surface area contributed by atoms with Crippen molar-refractivity contribution in [1.29, 1.82) is 0 Å². The highest BCUT2D eigenvalue weighted by Gasteiger charge is 2.16. The van der Waals surface area contributed by atoms with Crippen molar-refractivity contribution in [2.24, 2.45) is 7.05 Å². The first-order valence-corrected chi connectivity index (χ1v) is 9.29. The van der Waals surface area contributed by atoms with E-state index in [1.165, 1.54) is 0 Å². The summed E-state index contributed by atoms with van der Waals surface area (Å²) in [5.41, 5.74) is 2.66. The van der Waals surface area contributed by atoms with E-state index in [2.05, 4.69) is 36.1 Å². The molecule has 1 aliphatic heterocycles. The van der Waals surface area contributed by atoms with Crippen LogP contribution in [-0.2, 0) is 20.1 Å². The van der Waals surface area contributed by atoms with Crippen LogP contribution in [0, 0.1) is 0 Å². The van der Waals surface area contributed by atoms with Crippen LogP contribution in [-0.4, -0.2) is 40.0 Å². The number of imidazole rings is 1. The molecule has 1 aliphatic rings. The summed E-state index contributed by atoms with van der Waals surface area (Å²) in [5, 5.41) is 9.71. The van der Waals surface area contributed by atoms with Crippen LogP contribution < -0.4 is 5.32 Å². The van der Waals surface area contributed by atoms with E-state index < -0.39 is 0 Å². The number of nitrogens with one attached hydrogen (secondary N) is 1. The SMILES string of the molecule is Cn1ncc2c(NCc3cn4c(n3)SCC4)nc(-c3cccnc3)nc21. The fraction of sp³-hybridized carbons (Fsp3) is 0.235. The Hall–Kier alpha value is -2.94. The lowest BCUT2D eigenvalue weighted by Crippen LogP contribution is -2.05. The van der Waals surface area contributed by atoms with Crippen molar-refractivity contribution in [3.8, 4) is 11.4 Å². The second-order valence-corrected chi connectivity index (χ2v) is 7.12. The number of anilines is 1. The monoisotopic (exact) mass is 364 g/mol. The van der Waals surface area contributed by atoms with Crippen LogP contribution in [0.25, 0.3) is 22.4 Å². The third-order valence-corrected chi connectivity index (χ3v) is 5.27. The number of hydrogen-bond acceptors (Lipinski definition) is 7. The predicted molar refractivity (Wildman–Crippen MR) is 99.8 cm³/mol. The molecule has 0 fully saturated rings. The van der Waals surface area contributed by atoms with Gasteiger partial charge < -0.3 is 9.88 Å². The Balaban J connectivity index is 1.51. The highest BCUT2D eigenvalue weighted by molar-refractivity contribution is 7.99. The fourth-order valence-electron chi connectivity index (χ4n) is 3.00. The predicted octanol–water partition coefficient (Wildman–Crippen LogP) is 2.34. The molecule has 0 amide bonds. The largest absolute Gasteiger partial charge is 0.364 e. The van der Waals surface area contributed by atoms with Gasteiger partial charge in [0.05, 0.1) is 23.8 Å². The second kappa shape index (κ2) is 6.10. The zero-order valence-electron chi connectivity index (χ0n) is 14.1. The van der Waals surface area contributed by atoms with Crippen LogP contribution in [0.15, 0.2) is 42.1 Å². The van der Waals surface area contributed by atoms with Crippen LogP contribution in [0.3, 0.4) is 0 Å². The van der Waals surface area contributed by atoms with Crippen molar-refractivity contribution >= 4 is 28.6 Å². The average Bonchev–Trinajstić information content (AvgIpc) is 3.36. The fourth-order valence-corrected chi connectivity index (χ4v) is 3.96. The van der Waals surface area contributed by atoms with Gasteiger partial charge in [-0.1, -0.05) is 11.8 Å². The number of aryl methyl sites for hydroxylation is 2. The molecule has 0 aliphatic carbocycles. The number of rotatable bonds is 4. The number of hydrogen-bond donors (Lipinski definition) is 1. The summed E-state index contributed by atoms with van der Waals surface area (Å²) >= 11 is 1.79. The van der Waals surface area contributed by atoms with E-state index in [-0.39, 0.29) is 0 Å². The van der Waals surface area contributed by atoms with Crippen molar-refractivity contribution in [1.82, 2.24) is 34.3 Å². The first-order valence-electron chi connectivity index (χ1n) is 8.31. The molecule has 4 aromatic rings. The molecular formula is C17H16N8S. The van der Waals surface area contributed by atoms with Gasteiger partial charge in [-0.05, 0) is 12.1 Å². The molecule has 4 aromatic heterocycles. The van der Waals surface area contributed by atoms with Crippen molar-refractivity contribution < 1.29 is 0 Å². The molecule has 9 heteroatoms. The maximum absolute atomic E-state index is 4.71. The first kappa shape index (κ1) is 15.3. The van der Waals surface area contributed by atoms with Gasteiger partial charge in [0, 0.05) is 43.5 Å². The molecule has 0 atom stereocenters. The highest BCUT2D eigenvalue weighted by atomic mass is 32.2. The molecule has 0 saturated heterocycles. The number of fused-ring (bicyclic) bond motifs is 2. The lowest BCUT2D eigenvalue weighted by atomic mass is 10.2. The molecule has 0 radical (unpaired) electrons. The van der Waals surface area contributed by atoms with Crippen LogP contribution >= 0.6 is 11.8 Å². The molecule has 1 N–H and O–H groups in total. The topological polar surface area (TPSA) is 86.3 Å². The third-order valence-electron chi connectivity index (χ3n) is 4.30. The van der Waals surface area contributed by atoms with Crippen LogP contribution in [0.1, 0.15) is 5.69 Å². The summed E-state index contributed by atoms with van der Waals surface area (Å²) in [6.07, 6.45) is 7.39. The zero-order valence-corrected chi connectivity index (χ0v) is 14.9. The lowest BCUT2D eigenvalue weighted by Gasteiger charge is -2.08. The maximum Gasteiger partial charge on any atom is 0.168 e. The smallest absolute Gasteiger partial charge is 0.168 e. The van der Waals surface area contributed by atoms with Gasteiger partial charge in [-0.2, -0.15) is 5.10 Å². The third kappa shape index (κ3) is 2.60. The van der Waals surface area contributed by atoms with E-state index in [0.717, 1.165) is 45.6 Å². The summed E-state index contributed by atoms with van der Waals surface area (Å²) in [6.45, 7) is 1.63. The van der Waals surface area contributed by atoms with Gasteiger partial charge in [-0.25, -0.2) is 15.0 Å².